The van der Waals surface area contributed by atoms with E-state index < -0.39 is 0 Å². The highest BCUT2D eigenvalue weighted by Crippen LogP contribution is 2.18. The van der Waals surface area contributed by atoms with Crippen molar-refractivity contribution in [1.29, 1.82) is 0 Å². The molecule has 0 saturated heterocycles. The molecule has 1 aromatic heterocycles. The first-order chi connectivity index (χ1) is 12.1. The predicted octanol–water partition coefficient (Wildman–Crippen LogP) is 3.52. The van der Waals surface area contributed by atoms with E-state index in [1.807, 2.05) is 0 Å². The zero-order valence-electron chi connectivity index (χ0n) is 13.3. The Morgan fingerprint density at radius 3 is 2.32 bits per heavy atom. The minimum Gasteiger partial charge on any atom is -0.444 e. The minimum absolute atomic E-state index is 0.145. The molecular formula is C19H16F2N2O2. The Morgan fingerprint density at radius 2 is 1.64 bits per heavy atom. The summed E-state index contributed by atoms with van der Waals surface area (Å²) in [6.45, 7) is 0.412. The maximum absolute atomic E-state index is 12.9. The van der Waals surface area contributed by atoms with Crippen molar-refractivity contribution in [2.24, 2.45) is 0 Å². The summed E-state index contributed by atoms with van der Waals surface area (Å²) in [4.78, 5) is 16.2. The van der Waals surface area contributed by atoms with Gasteiger partial charge in [-0.2, -0.15) is 0 Å². The van der Waals surface area contributed by atoms with Crippen LogP contribution in [-0.4, -0.2) is 17.4 Å². The second kappa shape index (κ2) is 7.70. The highest BCUT2D eigenvalue weighted by atomic mass is 19.1. The van der Waals surface area contributed by atoms with Gasteiger partial charge in [0.15, 0.2) is 0 Å². The molecule has 0 fully saturated rings. The average molecular weight is 342 g/mol. The monoisotopic (exact) mass is 342 g/mol. The van der Waals surface area contributed by atoms with Crippen molar-refractivity contribution >= 4 is 5.91 Å². The molecule has 2 aromatic carbocycles. The van der Waals surface area contributed by atoms with E-state index in [0.29, 0.717) is 30.1 Å². The van der Waals surface area contributed by atoms with Crippen molar-refractivity contribution in [3.05, 3.63) is 77.7 Å². The third kappa shape index (κ3) is 4.73. The lowest BCUT2D eigenvalue weighted by molar-refractivity contribution is -0.120. The molecule has 0 saturated carbocycles. The summed E-state index contributed by atoms with van der Waals surface area (Å²) in [6.07, 6.45) is 2.23. The summed E-state index contributed by atoms with van der Waals surface area (Å²) in [5.41, 5.74) is 2.13. The van der Waals surface area contributed by atoms with Gasteiger partial charge in [0.05, 0.1) is 12.1 Å². The van der Waals surface area contributed by atoms with Crippen LogP contribution in [0.3, 0.4) is 0 Å². The first kappa shape index (κ1) is 16.8. The van der Waals surface area contributed by atoms with Gasteiger partial charge < -0.3 is 9.73 Å². The van der Waals surface area contributed by atoms with Crippen LogP contribution in [0.1, 0.15) is 11.3 Å². The van der Waals surface area contributed by atoms with Crippen LogP contribution in [0.15, 0.2) is 59.2 Å². The average Bonchev–Trinajstić information content (AvgIpc) is 3.06. The number of oxazole rings is 1. The van der Waals surface area contributed by atoms with E-state index in [9.17, 15) is 13.6 Å². The standard InChI is InChI=1S/C19H16F2N2O2/c20-15-5-1-13(2-6-15)11-18(24)22-10-9-17-12-25-19(23-17)14-3-7-16(21)8-4-14/h1-8,12H,9-11H2,(H,22,24). The Bertz CT molecular complexity index is 843. The number of nitrogens with zero attached hydrogens (tertiary/aromatic N) is 1. The van der Waals surface area contributed by atoms with E-state index in [-0.39, 0.29) is 24.0 Å². The molecule has 0 atom stereocenters. The van der Waals surface area contributed by atoms with Crippen molar-refractivity contribution in [2.45, 2.75) is 12.8 Å². The maximum Gasteiger partial charge on any atom is 0.226 e. The van der Waals surface area contributed by atoms with Crippen LogP contribution in [0.4, 0.5) is 8.78 Å². The molecule has 0 aliphatic carbocycles. The maximum atomic E-state index is 12.9. The SMILES string of the molecule is O=C(Cc1ccc(F)cc1)NCCc1coc(-c2ccc(F)cc2)n1. The van der Waals surface area contributed by atoms with Crippen LogP contribution in [0.25, 0.3) is 11.5 Å². The summed E-state index contributed by atoms with van der Waals surface area (Å²) < 4.78 is 31.1. The molecule has 0 aliphatic rings. The van der Waals surface area contributed by atoms with E-state index in [0.717, 1.165) is 5.56 Å². The Labute approximate surface area is 143 Å². The highest BCUT2D eigenvalue weighted by Gasteiger charge is 2.08. The zero-order valence-corrected chi connectivity index (χ0v) is 13.3. The smallest absolute Gasteiger partial charge is 0.226 e. The van der Waals surface area contributed by atoms with Crippen molar-refractivity contribution in [2.75, 3.05) is 6.54 Å². The van der Waals surface area contributed by atoms with Crippen LogP contribution < -0.4 is 5.32 Å². The fourth-order valence-electron chi connectivity index (χ4n) is 2.33. The largest absolute Gasteiger partial charge is 0.444 e. The summed E-state index contributed by atoms with van der Waals surface area (Å²) in [5, 5.41) is 2.79. The number of benzene rings is 2. The van der Waals surface area contributed by atoms with E-state index in [4.69, 9.17) is 4.42 Å². The minimum atomic E-state index is -0.327. The fourth-order valence-corrected chi connectivity index (χ4v) is 2.33. The zero-order chi connectivity index (χ0) is 17.6. The number of hydrogen-bond donors (Lipinski definition) is 1. The molecule has 1 heterocycles. The van der Waals surface area contributed by atoms with Gasteiger partial charge >= 0.3 is 0 Å². The summed E-state index contributed by atoms with van der Waals surface area (Å²) in [5.74, 6) is -0.381. The third-order valence-corrected chi connectivity index (χ3v) is 3.62. The van der Waals surface area contributed by atoms with Crippen molar-refractivity contribution in [1.82, 2.24) is 10.3 Å². The quantitative estimate of drug-likeness (QED) is 0.746. The molecule has 0 bridgehead atoms. The van der Waals surface area contributed by atoms with Gasteiger partial charge in [0, 0.05) is 18.5 Å². The molecule has 0 aliphatic heterocycles. The summed E-state index contributed by atoms with van der Waals surface area (Å²) in [7, 11) is 0. The van der Waals surface area contributed by atoms with Gasteiger partial charge in [-0.3, -0.25) is 4.79 Å². The molecule has 3 rings (SSSR count). The lowest BCUT2D eigenvalue weighted by Crippen LogP contribution is -2.27. The van der Waals surface area contributed by atoms with Gasteiger partial charge in [0.1, 0.15) is 17.9 Å². The molecule has 128 valence electrons. The molecule has 25 heavy (non-hydrogen) atoms. The number of aromatic nitrogens is 1. The second-order valence-electron chi connectivity index (χ2n) is 5.55. The van der Waals surface area contributed by atoms with Gasteiger partial charge in [-0.25, -0.2) is 13.8 Å². The van der Waals surface area contributed by atoms with Gasteiger partial charge in [0.25, 0.3) is 0 Å². The van der Waals surface area contributed by atoms with E-state index >= 15 is 0 Å². The summed E-state index contributed by atoms with van der Waals surface area (Å²) in [6, 6.07) is 11.7. The van der Waals surface area contributed by atoms with Crippen molar-refractivity contribution in [3.8, 4) is 11.5 Å². The topological polar surface area (TPSA) is 55.1 Å². The normalized spacial score (nSPS) is 10.6. The molecule has 1 N–H and O–H groups in total. The molecule has 0 spiro atoms. The van der Waals surface area contributed by atoms with Crippen LogP contribution in [0.2, 0.25) is 0 Å². The number of halogens is 2. The fraction of sp³-hybridized carbons (Fsp3) is 0.158. The van der Waals surface area contributed by atoms with Crippen molar-refractivity contribution in [3.63, 3.8) is 0 Å². The Balaban J connectivity index is 1.48. The number of hydrogen-bond acceptors (Lipinski definition) is 3. The van der Waals surface area contributed by atoms with Gasteiger partial charge in [-0.05, 0) is 42.0 Å². The third-order valence-electron chi connectivity index (χ3n) is 3.62. The molecular weight excluding hydrogens is 326 g/mol. The van der Waals surface area contributed by atoms with E-state index in [2.05, 4.69) is 10.3 Å². The van der Waals surface area contributed by atoms with Crippen LogP contribution in [0, 0.1) is 11.6 Å². The van der Waals surface area contributed by atoms with E-state index in [1.54, 1.807) is 24.3 Å². The molecule has 1 amide bonds. The summed E-state index contributed by atoms with van der Waals surface area (Å²) >= 11 is 0. The van der Waals surface area contributed by atoms with Crippen molar-refractivity contribution < 1.29 is 18.0 Å². The molecule has 3 aromatic rings. The Morgan fingerprint density at radius 1 is 1.00 bits per heavy atom. The van der Waals surface area contributed by atoms with Crippen LogP contribution in [-0.2, 0) is 17.6 Å². The van der Waals surface area contributed by atoms with Gasteiger partial charge in [-0.15, -0.1) is 0 Å². The number of carbonyl (C=O) groups excluding carboxylic acids is 1. The number of carbonyl (C=O) groups is 1. The highest BCUT2D eigenvalue weighted by molar-refractivity contribution is 5.78. The first-order valence-corrected chi connectivity index (χ1v) is 7.81. The Hall–Kier alpha value is -3.02. The molecule has 6 heteroatoms. The lowest BCUT2D eigenvalue weighted by Gasteiger charge is -2.04. The Kier molecular flexibility index (Phi) is 5.18. The first-order valence-electron chi connectivity index (χ1n) is 7.81. The van der Waals surface area contributed by atoms with Gasteiger partial charge in [-0.1, -0.05) is 12.1 Å². The van der Waals surface area contributed by atoms with Crippen LogP contribution in [0.5, 0.6) is 0 Å². The number of nitrogens with one attached hydrogen (secondary N) is 1. The number of rotatable bonds is 6. The molecule has 0 radical (unpaired) electrons. The lowest BCUT2D eigenvalue weighted by atomic mass is 10.1. The molecule has 4 nitrogen and oxygen atoms in total. The van der Waals surface area contributed by atoms with E-state index in [1.165, 1.54) is 30.5 Å². The predicted molar refractivity (Wildman–Crippen MR) is 88.7 cm³/mol. The van der Waals surface area contributed by atoms with Gasteiger partial charge in [0.2, 0.25) is 11.8 Å². The number of amides is 1. The second-order valence-corrected chi connectivity index (χ2v) is 5.55. The molecule has 0 unspecified atom stereocenters. The van der Waals surface area contributed by atoms with Crippen LogP contribution >= 0.6 is 0 Å².